The van der Waals surface area contributed by atoms with Crippen molar-refractivity contribution >= 4 is 140 Å². The molecule has 0 atom stereocenters. The highest BCUT2D eigenvalue weighted by Gasteiger charge is 2.65. The molecule has 4 aromatic rings. The first-order chi connectivity index (χ1) is 39.8. The Kier molecular flexibility index (Phi) is 21.6. The highest BCUT2D eigenvalue weighted by molar-refractivity contribution is 7.09. The second kappa shape index (κ2) is 24.9. The summed E-state index contributed by atoms with van der Waals surface area (Å²) in [6, 6.07) is 22.5. The number of benzene rings is 4. The van der Waals surface area contributed by atoms with Gasteiger partial charge in [-0.15, -0.1) is 5.73 Å². The van der Waals surface area contributed by atoms with E-state index in [1.165, 1.54) is 33.4 Å². The largest absolute Gasteiger partial charge is 0.161 e. The van der Waals surface area contributed by atoms with Gasteiger partial charge in [0.25, 0.3) is 0 Å². The van der Waals surface area contributed by atoms with E-state index in [9.17, 15) is 0 Å². The molecule has 4 aromatic carbocycles. The Labute approximate surface area is 574 Å². The fourth-order valence-electron chi connectivity index (χ4n) is 21.4. The molecule has 0 aromatic heterocycles. The Balaban J connectivity index is 2.22. The van der Waals surface area contributed by atoms with E-state index in [-0.39, 0.29) is 4.66 Å². The zero-order valence-electron chi connectivity index (χ0n) is 66.9. The maximum atomic E-state index is 5.37. The van der Waals surface area contributed by atoms with Crippen molar-refractivity contribution in [2.75, 3.05) is 0 Å². The lowest BCUT2D eigenvalue weighted by atomic mass is 10.0. The third-order valence-electron chi connectivity index (χ3n) is 21.0. The highest BCUT2D eigenvalue weighted by atomic mass is 28.4. The van der Waals surface area contributed by atoms with E-state index in [4.69, 9.17) is 5.73 Å². The van der Waals surface area contributed by atoms with E-state index in [0.717, 1.165) is 0 Å². The van der Waals surface area contributed by atoms with Gasteiger partial charge in [-0.25, -0.2) is 0 Å². The van der Waals surface area contributed by atoms with Gasteiger partial charge >= 0.3 is 0 Å². The van der Waals surface area contributed by atoms with E-state index < -0.39 is 114 Å². The zero-order valence-corrected chi connectivity index (χ0v) is 80.9. The van der Waals surface area contributed by atoms with Crippen molar-refractivity contribution in [3.63, 3.8) is 0 Å². The molecular weight excluding hydrogens is 1310 g/mol. The molecule has 0 nitrogen and oxygen atoms in total. The van der Waals surface area contributed by atoms with Gasteiger partial charge in [0.15, 0.2) is 17.6 Å². The molecule has 0 spiro atoms. The lowest BCUT2D eigenvalue weighted by Crippen LogP contribution is -2.65. The average Bonchev–Trinajstić information content (AvgIpc) is 1.50. The number of fused-ring (bicyclic) bond motifs is 2. The average molecular weight is 1450 g/mol. The minimum absolute atomic E-state index is 0.0646. The number of allylic oxidation sites excluding steroid dienone is 2. The van der Waals surface area contributed by atoms with Crippen LogP contribution in [0.3, 0.4) is 0 Å². The monoisotopic (exact) mass is 1440 g/mol. The molecule has 498 valence electrons. The van der Waals surface area contributed by atoms with Crippen LogP contribution < -0.4 is 20.7 Å². The third kappa shape index (κ3) is 14.8. The number of rotatable bonds is 19. The molecular formula is C76H138Si14. The van der Waals surface area contributed by atoms with Crippen molar-refractivity contribution in [1.82, 2.24) is 0 Å². The Morgan fingerprint density at radius 2 is 0.644 bits per heavy atom. The topological polar surface area (TPSA) is 0 Å². The number of hydrogen-bond donors (Lipinski definition) is 0. The predicted octanol–water partition coefficient (Wildman–Crippen LogP) is 21.9. The molecule has 0 N–H and O–H groups in total. The molecule has 2 aliphatic rings. The highest BCUT2D eigenvalue weighted by Crippen LogP contribution is 2.56. The van der Waals surface area contributed by atoms with Crippen molar-refractivity contribution in [2.45, 2.75) is 303 Å². The summed E-state index contributed by atoms with van der Waals surface area (Å²) >= 11 is 0. The molecule has 0 bridgehead atoms. The molecule has 0 saturated carbocycles. The van der Waals surface area contributed by atoms with E-state index >= 15 is 0 Å². The smallest absolute Gasteiger partial charge is 0.126 e. The quantitative estimate of drug-likeness (QED) is 0.0648. The van der Waals surface area contributed by atoms with Gasteiger partial charge in [0.2, 0.25) is 0 Å². The Hall–Kier alpha value is -0.824. The molecule has 14 heteroatoms. The normalized spacial score (nSPS) is 16.6. The summed E-state index contributed by atoms with van der Waals surface area (Å²) in [7, 11) is -26.9. The molecule has 2 aliphatic heterocycles. The standard InChI is InChI=1S/C76H138Si14/c1-52-43-54(3)66(55(4)44-52)77-65(76(89(37,38)39,90(40,41)42)63-50-59(73(83(19,20)21)84(22,23)24)49-62(69(63)77)75(87(31,32)33)88(34,35)36)51-64(79(7,8)9)70-71(80(10,11)12)60-47-58(72(81(13,14)15)82(16,17)18)48-61(74(85(25,26)27)86(28,29)30)68(60)78(70)67-56(5)45-53(2)46-57(67)6/h43-50,72-75H,1-42H3. The maximum Gasteiger partial charge on any atom is 0.161 e. The summed E-state index contributed by atoms with van der Waals surface area (Å²) in [5.41, 5.74) is 25.0. The van der Waals surface area contributed by atoms with Gasteiger partial charge in [-0.3, -0.25) is 0 Å². The number of hydrogen-bond acceptors (Lipinski definition) is 0. The third-order valence-corrected chi connectivity index (χ3v) is 79.8. The van der Waals surface area contributed by atoms with Gasteiger partial charge in [0, 0.05) is 69.3 Å². The fourth-order valence-corrected chi connectivity index (χ4v) is 102. The van der Waals surface area contributed by atoms with Gasteiger partial charge in [-0.05, 0) is 132 Å². The lowest BCUT2D eigenvalue weighted by molar-refractivity contribution is 0.955. The Bertz CT molecular complexity index is 3400. The van der Waals surface area contributed by atoms with Crippen molar-refractivity contribution in [2.24, 2.45) is 0 Å². The molecule has 0 fully saturated rings. The predicted molar refractivity (Wildman–Crippen MR) is 454 cm³/mol. The first kappa shape index (κ1) is 78.2. The van der Waals surface area contributed by atoms with Crippen LogP contribution in [0.2, 0.25) is 236 Å². The van der Waals surface area contributed by atoms with Crippen molar-refractivity contribution in [1.29, 1.82) is 0 Å². The van der Waals surface area contributed by atoms with Gasteiger partial charge in [0.1, 0.15) is 0 Å². The van der Waals surface area contributed by atoms with Crippen molar-refractivity contribution < 1.29 is 0 Å². The minimum Gasteiger partial charge on any atom is -0.126 e. The summed E-state index contributed by atoms with van der Waals surface area (Å²) in [4.78, 5) is 0. The molecule has 6 rings (SSSR count). The van der Waals surface area contributed by atoms with Gasteiger partial charge < -0.3 is 0 Å². The minimum atomic E-state index is -2.36. The molecule has 2 heterocycles. The SMILES string of the molecule is Cc1cc(C)c([Si]2C(C(=C=C3[Si](c4c(C)cc(C)cc4C)c4c(C([Si](C)(C)C)[Si](C)(C)C)cc(C([Si](C)(C)C)[Si](C)(C)C)cc4C3([Si](C)(C)C)[Si](C)(C)C)[Si](C)(C)C)=C([Si](C)(C)C)c3cc(C([Si](C)(C)C)[Si](C)(C)C)cc(C([Si](C)(C)C)[Si](C)(C)C)c32)c(C)c1. The van der Waals surface area contributed by atoms with Crippen LogP contribution in [0.5, 0.6) is 0 Å². The molecule has 0 aliphatic carbocycles. The molecule has 0 saturated heterocycles. The van der Waals surface area contributed by atoms with Crippen LogP contribution in [0.15, 0.2) is 69.9 Å². The van der Waals surface area contributed by atoms with Crippen molar-refractivity contribution in [3.8, 4) is 0 Å². The summed E-state index contributed by atoms with van der Waals surface area (Å²) in [5.74, 6) is 0. The lowest BCUT2D eigenvalue weighted by Gasteiger charge is -2.52. The van der Waals surface area contributed by atoms with Crippen LogP contribution in [0.4, 0.5) is 0 Å². The molecule has 90 heavy (non-hydrogen) atoms. The van der Waals surface area contributed by atoms with Crippen LogP contribution in [0.25, 0.3) is 5.20 Å². The molecule has 0 unspecified atom stereocenters. The van der Waals surface area contributed by atoms with Gasteiger partial charge in [0.05, 0.1) is 32.3 Å². The fraction of sp³-hybridized carbons (Fsp3) is 0.618. The zero-order chi connectivity index (χ0) is 69.9. The van der Waals surface area contributed by atoms with E-state index in [1.807, 2.05) is 42.7 Å². The second-order valence-corrected chi connectivity index (χ2v) is 113. The summed E-state index contributed by atoms with van der Waals surface area (Å²) in [5, 5.41) is 16.9. The van der Waals surface area contributed by atoms with Crippen LogP contribution in [-0.4, -0.2) is 114 Å². The Morgan fingerprint density at radius 1 is 0.344 bits per heavy atom. The molecule has 2 radical (unpaired) electrons. The van der Waals surface area contributed by atoms with E-state index in [1.54, 1.807) is 32.3 Å². The van der Waals surface area contributed by atoms with Crippen LogP contribution in [0.1, 0.15) is 87.4 Å². The van der Waals surface area contributed by atoms with Crippen molar-refractivity contribution in [3.05, 3.63) is 137 Å². The van der Waals surface area contributed by atoms with E-state index in [2.05, 4.69) is 326 Å². The van der Waals surface area contributed by atoms with Gasteiger partial charge in [-0.2, -0.15) is 0 Å². The maximum absolute atomic E-state index is 5.37. The summed E-state index contributed by atoms with van der Waals surface area (Å²) in [6.45, 7) is 115. The van der Waals surface area contributed by atoms with E-state index in [0.29, 0.717) is 20.7 Å². The summed E-state index contributed by atoms with van der Waals surface area (Å²) < 4.78 is -0.0646. The Morgan fingerprint density at radius 3 is 0.933 bits per heavy atom. The van der Waals surface area contributed by atoms with Crippen LogP contribution in [-0.2, 0) is 4.66 Å². The van der Waals surface area contributed by atoms with Crippen LogP contribution in [0, 0.1) is 41.5 Å². The first-order valence-electron chi connectivity index (χ1n) is 35.3. The van der Waals surface area contributed by atoms with Crippen LogP contribution >= 0.6 is 0 Å². The second-order valence-electron chi connectivity index (χ2n) is 42.4. The van der Waals surface area contributed by atoms with Gasteiger partial charge in [-0.1, -0.05) is 323 Å². The molecule has 0 amide bonds. The summed E-state index contributed by atoms with van der Waals surface area (Å²) in [6.07, 6.45) is 0. The number of aryl methyl sites for hydroxylation is 6. The first-order valence-corrected chi connectivity index (χ1v) is 81.0.